The highest BCUT2D eigenvalue weighted by Gasteiger charge is 2.30. The molecule has 0 bridgehead atoms. The number of hydrogen-bond acceptors (Lipinski definition) is 1. The highest BCUT2D eigenvalue weighted by atomic mass is 79.9. The van der Waals surface area contributed by atoms with Gasteiger partial charge in [0.2, 0.25) is 0 Å². The summed E-state index contributed by atoms with van der Waals surface area (Å²) in [5.74, 6) is 1.04. The average molecular weight is 313 g/mol. The molecule has 0 aromatic heterocycles. The zero-order chi connectivity index (χ0) is 13.3. The van der Waals surface area contributed by atoms with Crippen LogP contribution >= 0.6 is 15.9 Å². The molecule has 1 fully saturated rings. The Morgan fingerprint density at radius 1 is 1.28 bits per heavy atom. The topological polar surface area (TPSA) is 17.1 Å². The van der Waals surface area contributed by atoms with Crippen LogP contribution in [-0.2, 0) is 0 Å². The molecule has 1 saturated carbocycles. The lowest BCUT2D eigenvalue weighted by Gasteiger charge is -2.31. The van der Waals surface area contributed by atoms with Crippen LogP contribution < -0.4 is 0 Å². The molecule has 3 heteroatoms. The van der Waals surface area contributed by atoms with E-state index >= 15 is 0 Å². The molecular formula is C15H18BrFO. The van der Waals surface area contributed by atoms with Crippen molar-refractivity contribution in [2.24, 2.45) is 17.8 Å². The molecular weight excluding hydrogens is 295 g/mol. The van der Waals surface area contributed by atoms with E-state index < -0.39 is 0 Å². The molecule has 1 aromatic carbocycles. The van der Waals surface area contributed by atoms with Gasteiger partial charge in [-0.05, 0) is 49.3 Å². The monoisotopic (exact) mass is 312 g/mol. The molecule has 1 aliphatic carbocycles. The number of rotatable bonds is 2. The molecule has 0 spiro atoms. The first-order valence-corrected chi connectivity index (χ1v) is 7.27. The lowest BCUT2D eigenvalue weighted by atomic mass is 9.73. The number of carbonyl (C=O) groups excluding carboxylic acids is 1. The summed E-state index contributed by atoms with van der Waals surface area (Å²) in [5, 5.41) is 0. The Morgan fingerprint density at radius 2 is 2.00 bits per heavy atom. The van der Waals surface area contributed by atoms with Gasteiger partial charge < -0.3 is 0 Å². The minimum Gasteiger partial charge on any atom is -0.294 e. The van der Waals surface area contributed by atoms with E-state index in [0.717, 1.165) is 19.3 Å². The van der Waals surface area contributed by atoms with Crippen LogP contribution in [0.2, 0.25) is 0 Å². The van der Waals surface area contributed by atoms with Crippen LogP contribution in [0.15, 0.2) is 22.7 Å². The Kier molecular flexibility index (Phi) is 4.21. The quantitative estimate of drug-likeness (QED) is 0.714. The number of ketones is 1. The van der Waals surface area contributed by atoms with Gasteiger partial charge in [-0.2, -0.15) is 0 Å². The minimum atomic E-state index is -0.348. The van der Waals surface area contributed by atoms with Crippen LogP contribution in [0.25, 0.3) is 0 Å². The maximum absolute atomic E-state index is 13.2. The average Bonchev–Trinajstić information content (AvgIpc) is 2.35. The van der Waals surface area contributed by atoms with Gasteiger partial charge in [0.1, 0.15) is 5.82 Å². The van der Waals surface area contributed by atoms with Crippen LogP contribution in [0.1, 0.15) is 43.5 Å². The van der Waals surface area contributed by atoms with Crippen molar-refractivity contribution in [3.63, 3.8) is 0 Å². The maximum Gasteiger partial charge on any atom is 0.167 e. The van der Waals surface area contributed by atoms with Gasteiger partial charge in [-0.3, -0.25) is 4.79 Å². The molecule has 0 aliphatic heterocycles. The van der Waals surface area contributed by atoms with Crippen molar-refractivity contribution in [3.8, 4) is 0 Å². The Morgan fingerprint density at radius 3 is 2.67 bits per heavy atom. The Bertz CT molecular complexity index is 458. The van der Waals surface area contributed by atoms with E-state index in [0.29, 0.717) is 21.9 Å². The maximum atomic E-state index is 13.2. The van der Waals surface area contributed by atoms with Gasteiger partial charge in [0, 0.05) is 16.0 Å². The van der Waals surface area contributed by atoms with Crippen molar-refractivity contribution in [2.45, 2.75) is 33.1 Å². The highest BCUT2D eigenvalue weighted by molar-refractivity contribution is 9.10. The molecule has 1 nitrogen and oxygen atoms in total. The smallest absolute Gasteiger partial charge is 0.167 e. The van der Waals surface area contributed by atoms with Crippen LogP contribution in [0.4, 0.5) is 4.39 Å². The van der Waals surface area contributed by atoms with E-state index in [1.165, 1.54) is 12.1 Å². The Balaban J connectivity index is 2.19. The predicted octanol–water partition coefficient (Wildman–Crippen LogP) is 4.84. The lowest BCUT2D eigenvalue weighted by Crippen LogP contribution is -2.26. The fraction of sp³-hybridized carbons (Fsp3) is 0.533. The second kappa shape index (κ2) is 5.52. The largest absolute Gasteiger partial charge is 0.294 e. The van der Waals surface area contributed by atoms with Crippen LogP contribution in [0.3, 0.4) is 0 Å². The molecule has 0 radical (unpaired) electrons. The molecule has 3 atom stereocenters. The summed E-state index contributed by atoms with van der Waals surface area (Å²) in [7, 11) is 0. The molecule has 18 heavy (non-hydrogen) atoms. The van der Waals surface area contributed by atoms with Crippen LogP contribution in [0.5, 0.6) is 0 Å². The number of hydrogen-bond donors (Lipinski definition) is 0. The lowest BCUT2D eigenvalue weighted by molar-refractivity contribution is 0.0836. The summed E-state index contributed by atoms with van der Waals surface area (Å²) < 4.78 is 13.9. The molecule has 1 aromatic rings. The first-order valence-electron chi connectivity index (χ1n) is 6.48. The second-order valence-corrected chi connectivity index (χ2v) is 6.31. The second-order valence-electron chi connectivity index (χ2n) is 5.45. The first kappa shape index (κ1) is 13.7. The summed E-state index contributed by atoms with van der Waals surface area (Å²) in [4.78, 5) is 12.4. The summed E-state index contributed by atoms with van der Waals surface area (Å²) in [5.41, 5.74) is 0.488. The molecule has 0 heterocycles. The molecule has 98 valence electrons. The fourth-order valence-electron chi connectivity index (χ4n) is 2.69. The molecule has 1 aliphatic rings. The van der Waals surface area contributed by atoms with E-state index in [4.69, 9.17) is 0 Å². The van der Waals surface area contributed by atoms with Gasteiger partial charge in [0.25, 0.3) is 0 Å². The standard InChI is InChI=1S/C15H18BrFO/c1-9-3-4-11(7-10(9)2)15(18)13-8-12(17)5-6-14(13)16/h5-6,8-11H,3-4,7H2,1-2H3. The third-order valence-electron chi connectivity index (χ3n) is 4.16. The van der Waals surface area contributed by atoms with Crippen molar-refractivity contribution in [1.29, 1.82) is 0 Å². The molecule has 0 N–H and O–H groups in total. The number of benzene rings is 1. The number of Topliss-reactive ketones (excluding diaryl/α,β-unsaturated/α-hetero) is 1. The third-order valence-corrected chi connectivity index (χ3v) is 4.85. The third kappa shape index (κ3) is 2.82. The Labute approximate surface area is 116 Å². The summed E-state index contributed by atoms with van der Waals surface area (Å²) >= 11 is 3.34. The van der Waals surface area contributed by atoms with Crippen molar-refractivity contribution < 1.29 is 9.18 Å². The minimum absolute atomic E-state index is 0.0503. The first-order chi connectivity index (χ1) is 8.49. The zero-order valence-corrected chi connectivity index (χ0v) is 12.3. The SMILES string of the molecule is CC1CCC(C(=O)c2cc(F)ccc2Br)CC1C. The Hall–Kier alpha value is -0.700. The predicted molar refractivity (Wildman–Crippen MR) is 74.1 cm³/mol. The van der Waals surface area contributed by atoms with Gasteiger partial charge in [-0.15, -0.1) is 0 Å². The molecule has 0 saturated heterocycles. The van der Waals surface area contributed by atoms with Crippen molar-refractivity contribution >= 4 is 21.7 Å². The van der Waals surface area contributed by atoms with E-state index in [1.54, 1.807) is 6.07 Å². The van der Waals surface area contributed by atoms with Gasteiger partial charge >= 0.3 is 0 Å². The molecule has 0 amide bonds. The van der Waals surface area contributed by atoms with Crippen molar-refractivity contribution in [3.05, 3.63) is 34.1 Å². The normalized spacial score (nSPS) is 28.1. The molecule has 3 unspecified atom stereocenters. The van der Waals surface area contributed by atoms with Gasteiger partial charge in [0.15, 0.2) is 5.78 Å². The van der Waals surface area contributed by atoms with E-state index in [2.05, 4.69) is 29.8 Å². The summed E-state index contributed by atoms with van der Waals surface area (Å²) in [6.45, 7) is 4.44. The number of carbonyl (C=O) groups is 1. The van der Waals surface area contributed by atoms with Crippen molar-refractivity contribution in [2.75, 3.05) is 0 Å². The van der Waals surface area contributed by atoms with Gasteiger partial charge in [-0.1, -0.05) is 29.8 Å². The van der Waals surface area contributed by atoms with Gasteiger partial charge in [0.05, 0.1) is 0 Å². The molecule has 2 rings (SSSR count). The van der Waals surface area contributed by atoms with E-state index in [-0.39, 0.29) is 17.5 Å². The fourth-order valence-corrected chi connectivity index (χ4v) is 3.13. The highest BCUT2D eigenvalue weighted by Crippen LogP contribution is 2.36. The van der Waals surface area contributed by atoms with E-state index in [9.17, 15) is 9.18 Å². The number of halogens is 2. The van der Waals surface area contributed by atoms with E-state index in [1.807, 2.05) is 0 Å². The summed E-state index contributed by atoms with van der Waals surface area (Å²) in [6, 6.07) is 4.32. The van der Waals surface area contributed by atoms with Crippen LogP contribution in [-0.4, -0.2) is 5.78 Å². The summed E-state index contributed by atoms with van der Waals surface area (Å²) in [6.07, 6.45) is 2.93. The zero-order valence-electron chi connectivity index (χ0n) is 10.7. The van der Waals surface area contributed by atoms with Gasteiger partial charge in [-0.25, -0.2) is 4.39 Å². The van der Waals surface area contributed by atoms with Crippen LogP contribution in [0, 0.1) is 23.6 Å². The van der Waals surface area contributed by atoms with Crippen molar-refractivity contribution in [1.82, 2.24) is 0 Å².